The summed E-state index contributed by atoms with van der Waals surface area (Å²) >= 11 is 0. The minimum Gasteiger partial charge on any atom is -0.453 e. The van der Waals surface area contributed by atoms with Crippen molar-refractivity contribution in [3.63, 3.8) is 0 Å². The molecule has 0 fully saturated rings. The summed E-state index contributed by atoms with van der Waals surface area (Å²) in [7, 11) is 1.29. The lowest BCUT2D eigenvalue weighted by Crippen LogP contribution is -2.46. The Kier molecular flexibility index (Phi) is 3.32. The predicted molar refractivity (Wildman–Crippen MR) is 41.1 cm³/mol. The van der Waals surface area contributed by atoms with Crippen molar-refractivity contribution in [1.82, 2.24) is 4.90 Å². The van der Waals surface area contributed by atoms with Crippen LogP contribution in [-0.2, 0) is 4.74 Å². The van der Waals surface area contributed by atoms with Gasteiger partial charge in [0.2, 0.25) is 0 Å². The molecule has 1 N–H and O–H groups in total. The lowest BCUT2D eigenvalue weighted by molar-refractivity contribution is 0.0282. The zero-order valence-electron chi connectivity index (χ0n) is 7.42. The lowest BCUT2D eigenvalue weighted by Gasteiger charge is -2.32. The number of hydrogen-bond donors (Lipinski definition) is 1. The summed E-state index contributed by atoms with van der Waals surface area (Å²) in [6.45, 7) is 5.14. The molecule has 0 rings (SSSR count). The standard InChI is InChI=1S/C7H15NO3/c1-7(2,3)8(5-9)6(10)11-4/h9H,5H2,1-4H3. The van der Waals surface area contributed by atoms with E-state index in [1.54, 1.807) is 0 Å². The van der Waals surface area contributed by atoms with E-state index in [0.717, 1.165) is 0 Å². The molecule has 1 amide bonds. The van der Waals surface area contributed by atoms with Crippen molar-refractivity contribution in [3.05, 3.63) is 0 Å². The maximum Gasteiger partial charge on any atom is 0.411 e. The number of carbonyl (C=O) groups is 1. The van der Waals surface area contributed by atoms with Crippen LogP contribution in [0.15, 0.2) is 0 Å². The van der Waals surface area contributed by atoms with Crippen LogP contribution in [0, 0.1) is 0 Å². The van der Waals surface area contributed by atoms with E-state index >= 15 is 0 Å². The number of rotatable bonds is 1. The summed E-state index contributed by atoms with van der Waals surface area (Å²) in [5, 5.41) is 8.79. The van der Waals surface area contributed by atoms with Crippen LogP contribution in [0.5, 0.6) is 0 Å². The van der Waals surface area contributed by atoms with E-state index in [1.807, 2.05) is 20.8 Å². The van der Waals surface area contributed by atoms with Gasteiger partial charge < -0.3 is 9.84 Å². The second-order valence-electron chi connectivity index (χ2n) is 3.21. The van der Waals surface area contributed by atoms with Gasteiger partial charge in [0, 0.05) is 5.54 Å². The molecule has 0 aromatic heterocycles. The van der Waals surface area contributed by atoms with Gasteiger partial charge in [-0.3, -0.25) is 4.90 Å². The molecule has 0 unspecified atom stereocenters. The number of methoxy groups -OCH3 is 1. The van der Waals surface area contributed by atoms with Crippen LogP contribution in [0.3, 0.4) is 0 Å². The predicted octanol–water partition coefficient (Wildman–Crippen LogP) is 0.803. The molecule has 0 aliphatic carbocycles. The van der Waals surface area contributed by atoms with Gasteiger partial charge in [-0.15, -0.1) is 0 Å². The molecular weight excluding hydrogens is 146 g/mol. The average molecular weight is 161 g/mol. The van der Waals surface area contributed by atoms with E-state index in [1.165, 1.54) is 12.0 Å². The van der Waals surface area contributed by atoms with Gasteiger partial charge in [-0.1, -0.05) is 0 Å². The minimum absolute atomic E-state index is 0.323. The first-order chi connectivity index (χ1) is 4.93. The summed E-state index contributed by atoms with van der Waals surface area (Å²) < 4.78 is 4.46. The summed E-state index contributed by atoms with van der Waals surface area (Å²) in [6, 6.07) is 0. The van der Waals surface area contributed by atoms with E-state index in [0.29, 0.717) is 0 Å². The molecule has 0 aromatic rings. The Morgan fingerprint density at radius 1 is 1.55 bits per heavy atom. The van der Waals surface area contributed by atoms with Crippen LogP contribution in [0.1, 0.15) is 20.8 Å². The van der Waals surface area contributed by atoms with E-state index in [2.05, 4.69) is 4.74 Å². The highest BCUT2D eigenvalue weighted by molar-refractivity contribution is 5.68. The molecule has 0 aromatic carbocycles. The monoisotopic (exact) mass is 161 g/mol. The SMILES string of the molecule is COC(=O)N(CO)C(C)(C)C. The van der Waals surface area contributed by atoms with Crippen molar-refractivity contribution >= 4 is 6.09 Å². The number of amides is 1. The summed E-state index contributed by atoms with van der Waals surface area (Å²) in [6.07, 6.45) is -0.514. The molecule has 11 heavy (non-hydrogen) atoms. The van der Waals surface area contributed by atoms with Gasteiger partial charge in [-0.25, -0.2) is 4.79 Å². The molecule has 0 aliphatic heterocycles. The van der Waals surface area contributed by atoms with Crippen molar-refractivity contribution in [3.8, 4) is 0 Å². The molecule has 4 nitrogen and oxygen atoms in total. The Labute approximate surface area is 66.8 Å². The number of aliphatic hydroxyl groups excluding tert-OH is 1. The van der Waals surface area contributed by atoms with Crippen LogP contribution in [0.4, 0.5) is 4.79 Å². The molecular formula is C7H15NO3. The Morgan fingerprint density at radius 2 is 2.00 bits per heavy atom. The maximum atomic E-state index is 10.9. The van der Waals surface area contributed by atoms with E-state index in [9.17, 15) is 4.79 Å². The third kappa shape index (κ3) is 2.76. The Morgan fingerprint density at radius 3 is 2.09 bits per heavy atom. The normalized spacial score (nSPS) is 11.0. The van der Waals surface area contributed by atoms with Crippen LogP contribution in [-0.4, -0.2) is 35.5 Å². The van der Waals surface area contributed by atoms with E-state index < -0.39 is 11.6 Å². The highest BCUT2D eigenvalue weighted by Gasteiger charge is 2.25. The number of carbonyl (C=O) groups excluding carboxylic acids is 1. The third-order valence-corrected chi connectivity index (χ3v) is 1.35. The van der Waals surface area contributed by atoms with Crippen LogP contribution >= 0.6 is 0 Å². The quantitative estimate of drug-likeness (QED) is 0.579. The fourth-order valence-electron chi connectivity index (χ4n) is 0.654. The fourth-order valence-corrected chi connectivity index (χ4v) is 0.654. The maximum absolute atomic E-state index is 10.9. The van der Waals surface area contributed by atoms with Crippen molar-refractivity contribution in [2.75, 3.05) is 13.8 Å². The Balaban J connectivity index is 4.29. The van der Waals surface area contributed by atoms with Crippen molar-refractivity contribution < 1.29 is 14.6 Å². The molecule has 0 saturated carbocycles. The molecule has 66 valence electrons. The van der Waals surface area contributed by atoms with Crippen LogP contribution in [0.2, 0.25) is 0 Å². The van der Waals surface area contributed by atoms with Gasteiger partial charge in [0.25, 0.3) is 0 Å². The Hall–Kier alpha value is -0.770. The number of ether oxygens (including phenoxy) is 1. The number of nitrogens with zero attached hydrogens (tertiary/aromatic N) is 1. The van der Waals surface area contributed by atoms with E-state index in [4.69, 9.17) is 5.11 Å². The van der Waals surface area contributed by atoms with Gasteiger partial charge in [0.05, 0.1) is 7.11 Å². The molecule has 0 saturated heterocycles. The summed E-state index contributed by atoms with van der Waals surface area (Å²) in [5.41, 5.74) is -0.401. The van der Waals surface area contributed by atoms with Crippen molar-refractivity contribution in [2.24, 2.45) is 0 Å². The highest BCUT2D eigenvalue weighted by atomic mass is 16.5. The molecule has 4 heteroatoms. The summed E-state index contributed by atoms with van der Waals surface area (Å²) in [5.74, 6) is 0. The minimum atomic E-state index is -0.514. The van der Waals surface area contributed by atoms with Gasteiger partial charge in [0.15, 0.2) is 0 Å². The molecule has 0 aliphatic rings. The first kappa shape index (κ1) is 10.2. The first-order valence-electron chi connectivity index (χ1n) is 3.40. The van der Waals surface area contributed by atoms with Crippen molar-refractivity contribution in [1.29, 1.82) is 0 Å². The lowest BCUT2D eigenvalue weighted by atomic mass is 10.1. The van der Waals surface area contributed by atoms with Crippen LogP contribution < -0.4 is 0 Å². The van der Waals surface area contributed by atoms with Gasteiger partial charge >= 0.3 is 6.09 Å². The Bertz CT molecular complexity index is 139. The summed E-state index contributed by atoms with van der Waals surface area (Å²) in [4.78, 5) is 12.2. The fraction of sp³-hybridized carbons (Fsp3) is 0.857. The molecule has 0 atom stereocenters. The van der Waals surface area contributed by atoms with Gasteiger partial charge in [0.1, 0.15) is 6.73 Å². The molecule has 0 heterocycles. The third-order valence-electron chi connectivity index (χ3n) is 1.35. The zero-order valence-corrected chi connectivity index (χ0v) is 7.42. The second kappa shape index (κ2) is 3.57. The molecule has 0 bridgehead atoms. The number of aliphatic hydroxyl groups is 1. The molecule has 0 spiro atoms. The average Bonchev–Trinajstić information content (AvgIpc) is 1.86. The zero-order chi connectivity index (χ0) is 9.07. The highest BCUT2D eigenvalue weighted by Crippen LogP contribution is 2.12. The second-order valence-corrected chi connectivity index (χ2v) is 3.21. The largest absolute Gasteiger partial charge is 0.453 e. The topological polar surface area (TPSA) is 49.8 Å². The van der Waals surface area contributed by atoms with Crippen molar-refractivity contribution in [2.45, 2.75) is 26.3 Å². The van der Waals surface area contributed by atoms with Gasteiger partial charge in [-0.05, 0) is 20.8 Å². The molecule has 0 radical (unpaired) electrons. The van der Waals surface area contributed by atoms with Gasteiger partial charge in [-0.2, -0.15) is 0 Å². The van der Waals surface area contributed by atoms with Crippen LogP contribution in [0.25, 0.3) is 0 Å². The first-order valence-corrected chi connectivity index (χ1v) is 3.40. The van der Waals surface area contributed by atoms with E-state index in [-0.39, 0.29) is 6.73 Å². The smallest absolute Gasteiger partial charge is 0.411 e. The number of hydrogen-bond acceptors (Lipinski definition) is 3.